The molecule has 234 valence electrons. The van der Waals surface area contributed by atoms with Crippen LogP contribution in [0.25, 0.3) is 11.1 Å². The summed E-state index contributed by atoms with van der Waals surface area (Å²) in [5.41, 5.74) is -0.186. The number of aromatic carboxylic acids is 1. The maximum absolute atomic E-state index is 13.9. The number of halogens is 5. The van der Waals surface area contributed by atoms with Crippen LogP contribution in [0.1, 0.15) is 21.5 Å². The average molecular weight is 663 g/mol. The summed E-state index contributed by atoms with van der Waals surface area (Å²) >= 11 is 6.15. The van der Waals surface area contributed by atoms with Gasteiger partial charge in [0.05, 0.1) is 28.3 Å². The molecule has 4 aromatic carbocycles. The number of rotatable bonds is 9. The molecule has 0 saturated heterocycles. The second kappa shape index (κ2) is 12.4. The Bertz CT molecular complexity index is 1880. The first-order valence-electron chi connectivity index (χ1n) is 13.3. The van der Waals surface area contributed by atoms with Crippen molar-refractivity contribution < 1.29 is 45.4 Å². The van der Waals surface area contributed by atoms with Crippen LogP contribution in [0.15, 0.2) is 89.8 Å². The van der Waals surface area contributed by atoms with Crippen molar-refractivity contribution in [3.8, 4) is 16.9 Å². The summed E-state index contributed by atoms with van der Waals surface area (Å²) in [6.07, 6.45) is -4.53. The molecular formula is C31H23ClF4N2O6S. The Morgan fingerprint density at radius 2 is 1.71 bits per heavy atom. The number of benzene rings is 4. The van der Waals surface area contributed by atoms with Gasteiger partial charge in [0, 0.05) is 23.1 Å². The molecule has 5 rings (SSSR count). The van der Waals surface area contributed by atoms with Crippen LogP contribution in [0.4, 0.5) is 23.2 Å². The van der Waals surface area contributed by atoms with Crippen molar-refractivity contribution in [3.63, 3.8) is 0 Å². The van der Waals surface area contributed by atoms with Gasteiger partial charge in [0.2, 0.25) is 5.91 Å². The van der Waals surface area contributed by atoms with E-state index in [4.69, 9.17) is 21.4 Å². The molecule has 0 bridgehead atoms. The minimum Gasteiger partial charge on any atom is -0.492 e. The summed E-state index contributed by atoms with van der Waals surface area (Å²) in [6.45, 7) is -0.197. The SMILES string of the molecule is O=C(O)c1ccc(OCCNC(=O)[C@@H]2Cc3ccccc3N2S(=O)(=O)c2ccc(-c3cc(C(F)(F)F)ccc3Cl)cc2)cc1F. The third-order valence-corrected chi connectivity index (χ3v) is 9.25. The van der Waals surface area contributed by atoms with Gasteiger partial charge in [0.15, 0.2) is 0 Å². The summed E-state index contributed by atoms with van der Waals surface area (Å²) in [5.74, 6) is -3.00. The normalized spacial score (nSPS) is 14.6. The molecule has 0 spiro atoms. The second-order valence-corrected chi connectivity index (χ2v) is 12.2. The van der Waals surface area contributed by atoms with Crippen molar-refractivity contribution in [1.29, 1.82) is 0 Å². The number of anilines is 1. The van der Waals surface area contributed by atoms with Crippen molar-refractivity contribution in [2.45, 2.75) is 23.5 Å². The lowest BCUT2D eigenvalue weighted by molar-refractivity contribution is -0.137. The van der Waals surface area contributed by atoms with Crippen molar-refractivity contribution >= 4 is 39.2 Å². The minimum absolute atomic E-state index is 0.0408. The Morgan fingerprint density at radius 3 is 2.38 bits per heavy atom. The number of fused-ring (bicyclic) bond motifs is 1. The fourth-order valence-electron chi connectivity index (χ4n) is 4.92. The molecule has 45 heavy (non-hydrogen) atoms. The van der Waals surface area contributed by atoms with E-state index in [0.29, 0.717) is 11.3 Å². The molecule has 1 aliphatic heterocycles. The highest BCUT2D eigenvalue weighted by molar-refractivity contribution is 7.93. The van der Waals surface area contributed by atoms with Gasteiger partial charge in [-0.25, -0.2) is 17.6 Å². The van der Waals surface area contributed by atoms with Crippen molar-refractivity contribution in [2.24, 2.45) is 0 Å². The van der Waals surface area contributed by atoms with Gasteiger partial charge in [0.25, 0.3) is 10.0 Å². The Morgan fingerprint density at radius 1 is 1.00 bits per heavy atom. The third kappa shape index (κ3) is 6.59. The van der Waals surface area contributed by atoms with Gasteiger partial charge in [-0.2, -0.15) is 13.2 Å². The first-order chi connectivity index (χ1) is 21.3. The zero-order chi connectivity index (χ0) is 32.5. The zero-order valence-electron chi connectivity index (χ0n) is 23.0. The topological polar surface area (TPSA) is 113 Å². The molecule has 0 aliphatic carbocycles. The number of alkyl halides is 3. The van der Waals surface area contributed by atoms with E-state index in [-0.39, 0.29) is 46.4 Å². The van der Waals surface area contributed by atoms with E-state index in [1.54, 1.807) is 24.3 Å². The van der Waals surface area contributed by atoms with Gasteiger partial charge in [-0.1, -0.05) is 41.9 Å². The van der Waals surface area contributed by atoms with E-state index in [1.165, 1.54) is 30.3 Å². The lowest BCUT2D eigenvalue weighted by Crippen LogP contribution is -2.48. The lowest BCUT2D eigenvalue weighted by atomic mass is 10.0. The number of hydrogen-bond acceptors (Lipinski definition) is 5. The molecule has 1 aliphatic rings. The van der Waals surface area contributed by atoms with Crippen LogP contribution in [0, 0.1) is 5.82 Å². The number of hydrogen-bond donors (Lipinski definition) is 2. The molecule has 0 unspecified atom stereocenters. The molecular weight excluding hydrogens is 640 g/mol. The smallest absolute Gasteiger partial charge is 0.416 e. The van der Waals surface area contributed by atoms with Gasteiger partial charge in [-0.3, -0.25) is 9.10 Å². The van der Waals surface area contributed by atoms with Gasteiger partial charge >= 0.3 is 12.1 Å². The number of ether oxygens (including phenoxy) is 1. The molecule has 0 aromatic heterocycles. The number of sulfonamides is 1. The van der Waals surface area contributed by atoms with E-state index in [9.17, 15) is 35.6 Å². The van der Waals surface area contributed by atoms with Crippen molar-refractivity contribution in [3.05, 3.63) is 112 Å². The zero-order valence-corrected chi connectivity index (χ0v) is 24.6. The predicted octanol–water partition coefficient (Wildman–Crippen LogP) is 6.18. The van der Waals surface area contributed by atoms with Crippen LogP contribution in [0.3, 0.4) is 0 Å². The number of para-hydroxylation sites is 1. The molecule has 1 atom stereocenters. The standard InChI is InChI=1S/C31H23ClF4N2O6S/c32-25-12-7-20(31(34,35)36)16-24(25)18-5-9-22(10-6-18)45(42,43)38-27-4-2-1-3-19(27)15-28(38)29(39)37-13-14-44-21-8-11-23(30(40)41)26(33)17-21/h1-12,16-17,28H,13-15H2,(H,37,39)(H,40,41)/t28-/m0/s1. The lowest BCUT2D eigenvalue weighted by Gasteiger charge is -2.26. The van der Waals surface area contributed by atoms with E-state index in [2.05, 4.69) is 5.32 Å². The molecule has 0 saturated carbocycles. The minimum atomic E-state index is -4.60. The quantitative estimate of drug-likeness (QED) is 0.164. The Balaban J connectivity index is 1.33. The summed E-state index contributed by atoms with van der Waals surface area (Å²) < 4.78 is 87.9. The van der Waals surface area contributed by atoms with E-state index < -0.39 is 51.1 Å². The monoisotopic (exact) mass is 662 g/mol. The summed E-state index contributed by atoms with van der Waals surface area (Å²) in [7, 11) is -4.34. The molecule has 8 nitrogen and oxygen atoms in total. The highest BCUT2D eigenvalue weighted by Gasteiger charge is 2.42. The third-order valence-electron chi connectivity index (χ3n) is 7.08. The first kappa shape index (κ1) is 31.8. The molecule has 1 amide bonds. The number of nitrogens with one attached hydrogen (secondary N) is 1. The number of carboxylic acids is 1. The fraction of sp³-hybridized carbons (Fsp3) is 0.161. The largest absolute Gasteiger partial charge is 0.492 e. The second-order valence-electron chi connectivity index (χ2n) is 9.95. The van der Waals surface area contributed by atoms with E-state index in [0.717, 1.165) is 34.6 Å². The summed E-state index contributed by atoms with van der Waals surface area (Å²) in [5, 5.41) is 11.6. The van der Waals surface area contributed by atoms with Crippen LogP contribution in [0.5, 0.6) is 5.75 Å². The van der Waals surface area contributed by atoms with Crippen LogP contribution in [-0.2, 0) is 27.4 Å². The van der Waals surface area contributed by atoms with Crippen LogP contribution in [0.2, 0.25) is 5.02 Å². The van der Waals surface area contributed by atoms with Crippen LogP contribution in [-0.4, -0.2) is 44.6 Å². The fourth-order valence-corrected chi connectivity index (χ4v) is 6.79. The maximum atomic E-state index is 13.9. The molecule has 0 radical (unpaired) electrons. The average Bonchev–Trinajstić information content (AvgIpc) is 3.40. The Labute approximate surface area is 259 Å². The van der Waals surface area contributed by atoms with Gasteiger partial charge in [-0.05, 0) is 59.7 Å². The highest BCUT2D eigenvalue weighted by Crippen LogP contribution is 2.39. The van der Waals surface area contributed by atoms with Crippen molar-refractivity contribution in [2.75, 3.05) is 17.5 Å². The van der Waals surface area contributed by atoms with Gasteiger partial charge in [0.1, 0.15) is 24.2 Å². The number of nitrogens with zero attached hydrogens (tertiary/aromatic N) is 1. The Hall–Kier alpha value is -4.62. The number of carbonyl (C=O) groups excluding carboxylic acids is 1. The number of amides is 1. The predicted molar refractivity (Wildman–Crippen MR) is 157 cm³/mol. The van der Waals surface area contributed by atoms with E-state index >= 15 is 0 Å². The summed E-state index contributed by atoms with van der Waals surface area (Å²) in [6, 6.07) is 16.7. The number of carboxylic acid groups (broad SMARTS) is 1. The van der Waals surface area contributed by atoms with Gasteiger partial charge in [-0.15, -0.1) is 0 Å². The highest BCUT2D eigenvalue weighted by atomic mass is 35.5. The Kier molecular flexibility index (Phi) is 8.77. The van der Waals surface area contributed by atoms with Gasteiger partial charge < -0.3 is 15.2 Å². The molecule has 2 N–H and O–H groups in total. The molecule has 1 heterocycles. The number of carbonyl (C=O) groups is 2. The molecule has 0 fully saturated rings. The molecule has 14 heteroatoms. The molecule has 4 aromatic rings. The maximum Gasteiger partial charge on any atom is 0.416 e. The van der Waals surface area contributed by atoms with Crippen molar-refractivity contribution in [1.82, 2.24) is 5.32 Å². The van der Waals surface area contributed by atoms with Crippen LogP contribution >= 0.6 is 11.6 Å². The van der Waals surface area contributed by atoms with Crippen LogP contribution < -0.4 is 14.4 Å². The first-order valence-corrected chi connectivity index (χ1v) is 15.1. The summed E-state index contributed by atoms with van der Waals surface area (Å²) in [4.78, 5) is 24.1. The van der Waals surface area contributed by atoms with E-state index in [1.807, 2.05) is 0 Å².